The highest BCUT2D eigenvalue weighted by atomic mass is 16.5. The van der Waals surface area contributed by atoms with Gasteiger partial charge in [0.2, 0.25) is 5.91 Å². The summed E-state index contributed by atoms with van der Waals surface area (Å²) in [5.41, 5.74) is 0.0134. The molecule has 0 saturated carbocycles. The van der Waals surface area contributed by atoms with E-state index in [-0.39, 0.29) is 56.8 Å². The summed E-state index contributed by atoms with van der Waals surface area (Å²) in [5, 5.41) is 10.6. The zero-order valence-corrected chi connectivity index (χ0v) is 23.4. The van der Waals surface area contributed by atoms with E-state index in [1.165, 1.54) is 16.9 Å². The number of carbonyl (C=O) groups is 4. The van der Waals surface area contributed by atoms with Crippen LogP contribution in [-0.2, 0) is 31.0 Å². The van der Waals surface area contributed by atoms with E-state index in [4.69, 9.17) is 9.47 Å². The Morgan fingerprint density at radius 2 is 1.69 bits per heavy atom. The summed E-state index contributed by atoms with van der Waals surface area (Å²) in [6, 6.07) is 14.2. The first-order valence-electron chi connectivity index (χ1n) is 13.1. The number of carbonyl (C=O) groups excluding carboxylic acids is 3. The lowest BCUT2D eigenvalue weighted by Crippen LogP contribution is -2.69. The number of rotatable bonds is 9. The van der Waals surface area contributed by atoms with Gasteiger partial charge in [0.1, 0.15) is 5.75 Å². The predicted molar refractivity (Wildman–Crippen MR) is 146 cm³/mol. The van der Waals surface area contributed by atoms with Crippen molar-refractivity contribution in [1.29, 1.82) is 0 Å². The van der Waals surface area contributed by atoms with E-state index in [0.29, 0.717) is 11.3 Å². The van der Waals surface area contributed by atoms with Gasteiger partial charge in [-0.3, -0.25) is 14.4 Å². The van der Waals surface area contributed by atoms with Crippen molar-refractivity contribution in [2.75, 3.05) is 33.4 Å². The van der Waals surface area contributed by atoms with Gasteiger partial charge in [0, 0.05) is 31.5 Å². The maximum atomic E-state index is 13.9. The molecule has 0 bridgehead atoms. The van der Waals surface area contributed by atoms with Gasteiger partial charge in [-0.05, 0) is 35.6 Å². The van der Waals surface area contributed by atoms with Gasteiger partial charge >= 0.3 is 11.9 Å². The van der Waals surface area contributed by atoms with Gasteiger partial charge in [-0.25, -0.2) is 4.79 Å². The van der Waals surface area contributed by atoms with Crippen LogP contribution in [0.1, 0.15) is 62.0 Å². The van der Waals surface area contributed by atoms with Gasteiger partial charge in [0.15, 0.2) is 5.54 Å². The van der Waals surface area contributed by atoms with Crippen molar-refractivity contribution in [2.45, 2.75) is 57.9 Å². The highest BCUT2D eigenvalue weighted by Crippen LogP contribution is 2.34. The van der Waals surface area contributed by atoms with Crippen molar-refractivity contribution >= 4 is 23.8 Å². The summed E-state index contributed by atoms with van der Waals surface area (Å²) >= 11 is 0. The molecule has 1 heterocycles. The molecule has 2 aromatic rings. The Labute approximate surface area is 229 Å². The summed E-state index contributed by atoms with van der Waals surface area (Å²) in [6.45, 7) is 7.99. The fourth-order valence-electron chi connectivity index (χ4n) is 4.97. The highest BCUT2D eigenvalue weighted by Gasteiger charge is 2.51. The molecule has 1 N–H and O–H groups in total. The van der Waals surface area contributed by atoms with E-state index < -0.39 is 23.4 Å². The third-order valence-corrected chi connectivity index (χ3v) is 7.00. The average Bonchev–Trinajstić information content (AvgIpc) is 2.91. The molecule has 9 nitrogen and oxygen atoms in total. The van der Waals surface area contributed by atoms with Crippen molar-refractivity contribution in [2.24, 2.45) is 0 Å². The molecule has 3 rings (SSSR count). The molecule has 2 aromatic carbocycles. The average molecular weight is 539 g/mol. The Kier molecular flexibility index (Phi) is 9.37. The van der Waals surface area contributed by atoms with Gasteiger partial charge in [-0.2, -0.15) is 0 Å². The largest absolute Gasteiger partial charge is 0.496 e. The second-order valence-corrected chi connectivity index (χ2v) is 10.7. The monoisotopic (exact) mass is 538 g/mol. The molecule has 210 valence electrons. The number of amides is 2. The lowest BCUT2D eigenvalue weighted by atomic mass is 9.84. The maximum Gasteiger partial charge on any atom is 0.331 e. The number of benzene rings is 2. The van der Waals surface area contributed by atoms with Crippen LogP contribution in [0.25, 0.3) is 0 Å². The topological polar surface area (TPSA) is 113 Å². The van der Waals surface area contributed by atoms with Crippen LogP contribution < -0.4 is 4.74 Å². The molecule has 2 amide bonds. The number of aliphatic carboxylic acids is 1. The van der Waals surface area contributed by atoms with Crippen LogP contribution in [0.3, 0.4) is 0 Å². The van der Waals surface area contributed by atoms with E-state index in [9.17, 15) is 24.3 Å². The molecule has 9 heteroatoms. The quantitative estimate of drug-likeness (QED) is 0.485. The van der Waals surface area contributed by atoms with Gasteiger partial charge in [0.05, 0.1) is 26.7 Å². The molecular weight excluding hydrogens is 500 g/mol. The number of nitrogens with zero attached hydrogens (tertiary/aromatic N) is 2. The second kappa shape index (κ2) is 12.3. The van der Waals surface area contributed by atoms with Crippen molar-refractivity contribution in [3.05, 3.63) is 65.2 Å². The molecule has 1 atom stereocenters. The third-order valence-electron chi connectivity index (χ3n) is 7.00. The summed E-state index contributed by atoms with van der Waals surface area (Å²) in [5.74, 6) is -1.96. The van der Waals surface area contributed by atoms with E-state index in [2.05, 4.69) is 0 Å². The fourth-order valence-corrected chi connectivity index (χ4v) is 4.97. The third kappa shape index (κ3) is 6.77. The van der Waals surface area contributed by atoms with Crippen molar-refractivity contribution in [1.82, 2.24) is 9.80 Å². The Bertz CT molecular complexity index is 1210. The molecule has 39 heavy (non-hydrogen) atoms. The first kappa shape index (κ1) is 29.7. The number of ether oxygens (including phenoxy) is 2. The molecule has 1 saturated heterocycles. The van der Waals surface area contributed by atoms with Gasteiger partial charge in [0.25, 0.3) is 5.91 Å². The number of piperazine rings is 1. The summed E-state index contributed by atoms with van der Waals surface area (Å²) in [6.07, 6.45) is -0.183. The molecule has 0 spiro atoms. The summed E-state index contributed by atoms with van der Waals surface area (Å²) in [4.78, 5) is 54.6. The zero-order valence-electron chi connectivity index (χ0n) is 23.4. The number of carboxylic acids is 1. The van der Waals surface area contributed by atoms with Crippen LogP contribution in [0.15, 0.2) is 48.5 Å². The van der Waals surface area contributed by atoms with Gasteiger partial charge in [-0.1, -0.05) is 57.2 Å². The number of carboxylic acid groups (broad SMARTS) is 1. The molecule has 0 aromatic heterocycles. The van der Waals surface area contributed by atoms with Gasteiger partial charge < -0.3 is 24.4 Å². The first-order valence-corrected chi connectivity index (χ1v) is 13.1. The number of methoxy groups -OCH3 is 1. The maximum absolute atomic E-state index is 13.9. The lowest BCUT2D eigenvalue weighted by molar-refractivity contribution is -0.157. The highest BCUT2D eigenvalue weighted by molar-refractivity contribution is 5.99. The van der Waals surface area contributed by atoms with Crippen molar-refractivity contribution in [3.8, 4) is 5.75 Å². The lowest BCUT2D eigenvalue weighted by Gasteiger charge is -2.48. The van der Waals surface area contributed by atoms with Crippen molar-refractivity contribution < 1.29 is 33.8 Å². The Hall–Kier alpha value is -3.88. The minimum Gasteiger partial charge on any atom is -0.496 e. The van der Waals surface area contributed by atoms with Crippen molar-refractivity contribution in [3.63, 3.8) is 0 Å². The van der Waals surface area contributed by atoms with Crippen LogP contribution in [0.4, 0.5) is 0 Å². The van der Waals surface area contributed by atoms with E-state index in [1.54, 1.807) is 43.3 Å². The minimum absolute atomic E-state index is 0.00772. The fraction of sp³-hybridized carbons (Fsp3) is 0.467. The molecule has 1 unspecified atom stereocenters. The van der Waals surface area contributed by atoms with Crippen LogP contribution in [0.5, 0.6) is 5.75 Å². The smallest absolute Gasteiger partial charge is 0.331 e. The summed E-state index contributed by atoms with van der Waals surface area (Å²) in [7, 11) is 1.54. The van der Waals surface area contributed by atoms with E-state index in [0.717, 1.165) is 11.1 Å². The molecule has 0 aliphatic carbocycles. The van der Waals surface area contributed by atoms with Crippen LogP contribution in [0, 0.1) is 0 Å². The number of esters is 1. The minimum atomic E-state index is -1.72. The normalized spacial score (nSPS) is 17.5. The summed E-state index contributed by atoms with van der Waals surface area (Å²) < 4.78 is 10.5. The molecule has 1 aliphatic heterocycles. The zero-order chi connectivity index (χ0) is 28.8. The Morgan fingerprint density at radius 1 is 1.00 bits per heavy atom. The molecule has 1 fully saturated rings. The van der Waals surface area contributed by atoms with Crippen LogP contribution in [0.2, 0.25) is 0 Å². The van der Waals surface area contributed by atoms with E-state index >= 15 is 0 Å². The number of hydrogen-bond donors (Lipinski definition) is 1. The van der Waals surface area contributed by atoms with Crippen LogP contribution >= 0.6 is 0 Å². The van der Waals surface area contributed by atoms with E-state index in [1.807, 2.05) is 32.9 Å². The standard InChI is InChI=1S/C30H38N2O7/c1-6-39-26(34)15-14-25(33)31-16-17-32(30(20-31,28(36)37)19-21-10-8-7-9-11-21)27(35)22-12-13-23(29(2,3)4)24(18-22)38-5/h7-13,18H,6,14-17,19-20H2,1-5H3,(H,36,37). The molecular formula is C30H38N2O7. The molecule has 1 aliphatic rings. The van der Waals surface area contributed by atoms with Crippen LogP contribution in [-0.4, -0.2) is 77.5 Å². The predicted octanol–water partition coefficient (Wildman–Crippen LogP) is 3.69. The van der Waals surface area contributed by atoms with Gasteiger partial charge in [-0.15, -0.1) is 0 Å². The Morgan fingerprint density at radius 3 is 2.28 bits per heavy atom. The molecule has 0 radical (unpaired) electrons. The number of hydrogen-bond acceptors (Lipinski definition) is 6. The SMILES string of the molecule is CCOC(=O)CCC(=O)N1CCN(C(=O)c2ccc(C(C)(C)C)c(OC)c2)C(Cc2ccccc2)(C(=O)O)C1. The second-order valence-electron chi connectivity index (χ2n) is 10.7. The Balaban J connectivity index is 1.98. The first-order chi connectivity index (χ1) is 18.4.